The molecule has 100 valence electrons. The summed E-state index contributed by atoms with van der Waals surface area (Å²) in [6.45, 7) is 6.84. The molecular formula is C12H21N5O. The predicted octanol–water partition coefficient (Wildman–Crippen LogP) is 0.762. The molecule has 1 aromatic rings. The first kappa shape index (κ1) is 13.2. The Kier molecular flexibility index (Phi) is 4.46. The molecule has 2 atom stereocenters. The van der Waals surface area contributed by atoms with Gasteiger partial charge in [0, 0.05) is 19.1 Å². The molecule has 2 heterocycles. The topological polar surface area (TPSA) is 76.3 Å². The number of morpholine rings is 1. The zero-order valence-electron chi connectivity index (χ0n) is 11.0. The van der Waals surface area contributed by atoms with Gasteiger partial charge in [-0.2, -0.15) is 0 Å². The van der Waals surface area contributed by atoms with Crippen LogP contribution in [0.5, 0.6) is 0 Å². The highest BCUT2D eigenvalue weighted by molar-refractivity contribution is 5.28. The third-order valence-electron chi connectivity index (χ3n) is 3.27. The van der Waals surface area contributed by atoms with Crippen LogP contribution >= 0.6 is 0 Å². The third kappa shape index (κ3) is 3.16. The van der Waals surface area contributed by atoms with E-state index >= 15 is 0 Å². The summed E-state index contributed by atoms with van der Waals surface area (Å²) in [6, 6.07) is 0.468. The normalized spacial score (nSPS) is 25.1. The maximum Gasteiger partial charge on any atom is 0.158 e. The summed E-state index contributed by atoms with van der Waals surface area (Å²) >= 11 is 0. The molecule has 1 fully saturated rings. The number of rotatable bonds is 4. The Hall–Kier alpha value is -1.24. The van der Waals surface area contributed by atoms with E-state index in [1.165, 1.54) is 0 Å². The van der Waals surface area contributed by atoms with Gasteiger partial charge in [0.1, 0.15) is 0 Å². The minimum Gasteiger partial charge on any atom is -0.376 e. The van der Waals surface area contributed by atoms with Gasteiger partial charge in [0.05, 0.1) is 30.8 Å². The molecule has 0 amide bonds. The fourth-order valence-electron chi connectivity index (χ4n) is 2.20. The molecule has 0 aliphatic carbocycles. The van der Waals surface area contributed by atoms with E-state index in [2.05, 4.69) is 34.1 Å². The van der Waals surface area contributed by atoms with Crippen LogP contribution in [0.3, 0.4) is 0 Å². The molecule has 18 heavy (non-hydrogen) atoms. The lowest BCUT2D eigenvalue weighted by Gasteiger charge is -2.37. The van der Waals surface area contributed by atoms with E-state index < -0.39 is 0 Å². The summed E-state index contributed by atoms with van der Waals surface area (Å²) in [5.41, 5.74) is 3.44. The molecule has 0 bridgehead atoms. The van der Waals surface area contributed by atoms with Gasteiger partial charge in [0.2, 0.25) is 0 Å². The van der Waals surface area contributed by atoms with Crippen LogP contribution in [0, 0.1) is 0 Å². The molecule has 1 saturated heterocycles. The Balaban J connectivity index is 2.01. The highest BCUT2D eigenvalue weighted by atomic mass is 16.5. The van der Waals surface area contributed by atoms with E-state index in [1.807, 2.05) is 0 Å². The zero-order valence-corrected chi connectivity index (χ0v) is 11.0. The molecule has 2 rings (SSSR count). The Morgan fingerprint density at radius 3 is 2.94 bits per heavy atom. The minimum atomic E-state index is 0.283. The van der Waals surface area contributed by atoms with Gasteiger partial charge in [0.15, 0.2) is 5.82 Å². The van der Waals surface area contributed by atoms with Crippen LogP contribution in [-0.2, 0) is 11.3 Å². The summed E-state index contributed by atoms with van der Waals surface area (Å²) in [6.07, 6.45) is 4.79. The Bertz CT molecular complexity index is 369. The van der Waals surface area contributed by atoms with Crippen LogP contribution in [0.15, 0.2) is 12.4 Å². The molecule has 1 aromatic heterocycles. The first-order valence-electron chi connectivity index (χ1n) is 6.36. The maximum atomic E-state index is 5.68. The first-order valence-corrected chi connectivity index (χ1v) is 6.36. The molecule has 2 unspecified atom stereocenters. The molecule has 0 spiro atoms. The van der Waals surface area contributed by atoms with Crippen molar-refractivity contribution in [2.24, 2.45) is 5.84 Å². The van der Waals surface area contributed by atoms with Gasteiger partial charge < -0.3 is 10.2 Å². The lowest BCUT2D eigenvalue weighted by molar-refractivity contribution is -0.0596. The number of nitrogens with one attached hydrogen (secondary N) is 1. The largest absolute Gasteiger partial charge is 0.376 e. The molecular weight excluding hydrogens is 230 g/mol. The Labute approximate surface area is 108 Å². The quantitative estimate of drug-likeness (QED) is 0.608. The van der Waals surface area contributed by atoms with Gasteiger partial charge >= 0.3 is 0 Å². The van der Waals surface area contributed by atoms with Gasteiger partial charge in [-0.25, -0.2) is 10.8 Å². The molecule has 0 aromatic carbocycles. The van der Waals surface area contributed by atoms with Crippen molar-refractivity contribution < 1.29 is 4.74 Å². The number of hydrogen-bond donors (Lipinski definition) is 2. The summed E-state index contributed by atoms with van der Waals surface area (Å²) in [7, 11) is 0. The van der Waals surface area contributed by atoms with Gasteiger partial charge in [-0.1, -0.05) is 6.92 Å². The standard InChI is InChI=1S/C12H21N5O/c1-3-11-8-18-9(2)6-17(11)7-10-4-15-12(16-13)5-14-10/h4-5,9,11H,3,6-8,13H2,1-2H3,(H,15,16). The third-order valence-corrected chi connectivity index (χ3v) is 3.27. The van der Waals surface area contributed by atoms with Crippen LogP contribution in [0.25, 0.3) is 0 Å². The van der Waals surface area contributed by atoms with E-state index in [1.54, 1.807) is 12.4 Å². The number of nitrogen functional groups attached to an aromatic ring is 1. The second-order valence-corrected chi connectivity index (χ2v) is 4.67. The van der Waals surface area contributed by atoms with Crippen molar-refractivity contribution in [3.63, 3.8) is 0 Å². The van der Waals surface area contributed by atoms with Crippen molar-refractivity contribution >= 4 is 5.82 Å². The van der Waals surface area contributed by atoms with Crippen LogP contribution < -0.4 is 11.3 Å². The first-order chi connectivity index (χ1) is 8.72. The van der Waals surface area contributed by atoms with Gasteiger partial charge in [-0.05, 0) is 13.3 Å². The summed E-state index contributed by atoms with van der Waals surface area (Å²) in [5.74, 6) is 5.85. The van der Waals surface area contributed by atoms with E-state index in [9.17, 15) is 0 Å². The maximum absolute atomic E-state index is 5.68. The zero-order chi connectivity index (χ0) is 13.0. The molecule has 0 radical (unpaired) electrons. The number of ether oxygens (including phenoxy) is 1. The monoisotopic (exact) mass is 251 g/mol. The van der Waals surface area contributed by atoms with E-state index in [0.29, 0.717) is 11.9 Å². The number of hydrogen-bond acceptors (Lipinski definition) is 6. The Morgan fingerprint density at radius 1 is 1.50 bits per heavy atom. The van der Waals surface area contributed by atoms with Crippen molar-refractivity contribution in [2.45, 2.75) is 39.0 Å². The van der Waals surface area contributed by atoms with Gasteiger partial charge in [0.25, 0.3) is 0 Å². The fraction of sp³-hybridized carbons (Fsp3) is 0.667. The molecule has 3 N–H and O–H groups in total. The van der Waals surface area contributed by atoms with Gasteiger partial charge in [-0.15, -0.1) is 0 Å². The summed E-state index contributed by atoms with van der Waals surface area (Å²) in [4.78, 5) is 10.9. The number of anilines is 1. The van der Waals surface area contributed by atoms with Crippen molar-refractivity contribution in [3.05, 3.63) is 18.1 Å². The van der Waals surface area contributed by atoms with Crippen LogP contribution in [-0.4, -0.2) is 40.2 Å². The van der Waals surface area contributed by atoms with Crippen LogP contribution in [0.2, 0.25) is 0 Å². The van der Waals surface area contributed by atoms with Crippen LogP contribution in [0.4, 0.5) is 5.82 Å². The molecule has 6 nitrogen and oxygen atoms in total. The number of nitrogens with zero attached hydrogens (tertiary/aromatic N) is 3. The van der Waals surface area contributed by atoms with Crippen molar-refractivity contribution in [1.29, 1.82) is 0 Å². The van der Waals surface area contributed by atoms with Crippen molar-refractivity contribution in [1.82, 2.24) is 14.9 Å². The molecule has 6 heteroatoms. The van der Waals surface area contributed by atoms with Crippen LogP contribution in [0.1, 0.15) is 26.0 Å². The summed E-state index contributed by atoms with van der Waals surface area (Å²) < 4.78 is 5.68. The molecule has 1 aliphatic rings. The second-order valence-electron chi connectivity index (χ2n) is 4.67. The molecule has 0 saturated carbocycles. The lowest BCUT2D eigenvalue weighted by Crippen LogP contribution is -2.48. The Morgan fingerprint density at radius 2 is 2.33 bits per heavy atom. The predicted molar refractivity (Wildman–Crippen MR) is 69.7 cm³/mol. The van der Waals surface area contributed by atoms with E-state index in [4.69, 9.17) is 10.6 Å². The average molecular weight is 251 g/mol. The average Bonchev–Trinajstić information content (AvgIpc) is 2.40. The highest BCUT2D eigenvalue weighted by Crippen LogP contribution is 2.16. The van der Waals surface area contributed by atoms with E-state index in [-0.39, 0.29) is 6.10 Å². The SMILES string of the molecule is CCC1COC(C)CN1Cc1cnc(NN)cn1. The number of aromatic nitrogens is 2. The fourth-order valence-corrected chi connectivity index (χ4v) is 2.20. The van der Waals surface area contributed by atoms with E-state index in [0.717, 1.165) is 31.8 Å². The lowest BCUT2D eigenvalue weighted by atomic mass is 10.1. The minimum absolute atomic E-state index is 0.283. The summed E-state index contributed by atoms with van der Waals surface area (Å²) in [5, 5.41) is 0. The second kappa shape index (κ2) is 6.08. The molecule has 1 aliphatic heterocycles. The number of nitrogens with two attached hydrogens (primary N) is 1. The van der Waals surface area contributed by atoms with Crippen molar-refractivity contribution in [2.75, 3.05) is 18.6 Å². The van der Waals surface area contributed by atoms with Gasteiger partial charge in [-0.3, -0.25) is 9.88 Å². The van der Waals surface area contributed by atoms with Crippen molar-refractivity contribution in [3.8, 4) is 0 Å². The highest BCUT2D eigenvalue weighted by Gasteiger charge is 2.25. The smallest absolute Gasteiger partial charge is 0.158 e. The number of hydrazine groups is 1.